The highest BCUT2D eigenvalue weighted by Gasteiger charge is 2.42. The summed E-state index contributed by atoms with van der Waals surface area (Å²) in [5.74, 6) is 1.82. The molecule has 0 aliphatic carbocycles. The van der Waals surface area contributed by atoms with Gasteiger partial charge in [0.05, 0.1) is 0 Å². The lowest BCUT2D eigenvalue weighted by molar-refractivity contribution is 0.488. The zero-order valence-corrected chi connectivity index (χ0v) is 25.1. The molecule has 0 spiro atoms. The van der Waals surface area contributed by atoms with Gasteiger partial charge in [0.1, 0.15) is 11.5 Å². The van der Waals surface area contributed by atoms with E-state index in [9.17, 15) is 0 Å². The summed E-state index contributed by atoms with van der Waals surface area (Å²) in [4.78, 5) is 4.73. The van der Waals surface area contributed by atoms with Gasteiger partial charge in [0.2, 0.25) is 0 Å². The fourth-order valence-corrected chi connectivity index (χ4v) is 7.07. The Bertz CT molecular complexity index is 2150. The van der Waals surface area contributed by atoms with E-state index in [1.807, 2.05) is 0 Å². The van der Waals surface area contributed by atoms with Gasteiger partial charge >= 0.3 is 0 Å². The molecule has 2 aliphatic rings. The minimum Gasteiger partial charge on any atom is -0.458 e. The summed E-state index contributed by atoms with van der Waals surface area (Å²) >= 11 is 0. The number of ether oxygens (including phenoxy) is 1. The van der Waals surface area contributed by atoms with Crippen LogP contribution in [-0.4, -0.2) is 6.71 Å². The number of hydrogen-bond donors (Lipinski definition) is 0. The number of nitrogens with zero attached hydrogens (tertiary/aromatic N) is 2. The molecule has 7 aromatic rings. The Hall–Kier alpha value is -6.00. The van der Waals surface area contributed by atoms with Crippen molar-refractivity contribution in [2.75, 3.05) is 9.80 Å². The first-order valence-corrected chi connectivity index (χ1v) is 15.7. The summed E-state index contributed by atoms with van der Waals surface area (Å²) in [6.07, 6.45) is 0. The predicted octanol–water partition coefficient (Wildman–Crippen LogP) is 9.23. The van der Waals surface area contributed by atoms with Crippen molar-refractivity contribution in [1.29, 1.82) is 0 Å². The standard InChI is InChI=1S/C42H29BN2O/c1-5-14-30(15-6-1)31-24-26-37-41(28-31)46-40-23-13-22-38-42(40)43(37)36-27-25-35(29-39(36)45(38)34-20-11-4-12-21-34)44(32-16-7-2-8-17-32)33-18-9-3-10-19-33/h1-29H. The van der Waals surface area contributed by atoms with Crippen LogP contribution in [0, 0.1) is 0 Å². The minimum absolute atomic E-state index is 0.0330. The third-order valence-corrected chi connectivity index (χ3v) is 9.09. The zero-order valence-electron chi connectivity index (χ0n) is 25.1. The van der Waals surface area contributed by atoms with Gasteiger partial charge in [-0.2, -0.15) is 0 Å². The van der Waals surface area contributed by atoms with Crippen LogP contribution >= 0.6 is 0 Å². The smallest absolute Gasteiger partial charge is 0.256 e. The number of para-hydroxylation sites is 3. The summed E-state index contributed by atoms with van der Waals surface area (Å²) < 4.78 is 6.73. The van der Waals surface area contributed by atoms with Crippen LogP contribution in [0.15, 0.2) is 176 Å². The Kier molecular flexibility index (Phi) is 6.24. The van der Waals surface area contributed by atoms with Crippen LogP contribution in [0.25, 0.3) is 11.1 Å². The van der Waals surface area contributed by atoms with Crippen LogP contribution in [0.1, 0.15) is 0 Å². The van der Waals surface area contributed by atoms with Gasteiger partial charge in [-0.05, 0) is 94.2 Å². The molecular formula is C42H29BN2O. The molecule has 0 N–H and O–H groups in total. The van der Waals surface area contributed by atoms with Gasteiger partial charge in [0.15, 0.2) is 0 Å². The molecule has 216 valence electrons. The lowest BCUT2D eigenvalue weighted by atomic mass is 9.34. The molecule has 3 nitrogen and oxygen atoms in total. The topological polar surface area (TPSA) is 15.7 Å². The van der Waals surface area contributed by atoms with Gasteiger partial charge in [-0.1, -0.05) is 109 Å². The van der Waals surface area contributed by atoms with E-state index in [1.54, 1.807) is 0 Å². The Balaban J connectivity index is 1.27. The van der Waals surface area contributed by atoms with Crippen molar-refractivity contribution in [3.63, 3.8) is 0 Å². The van der Waals surface area contributed by atoms with E-state index < -0.39 is 0 Å². The number of benzene rings is 7. The Morgan fingerprint density at radius 1 is 0.435 bits per heavy atom. The van der Waals surface area contributed by atoms with Crippen LogP contribution in [0.2, 0.25) is 0 Å². The zero-order chi connectivity index (χ0) is 30.5. The molecule has 2 heterocycles. The van der Waals surface area contributed by atoms with E-state index in [0.29, 0.717) is 0 Å². The summed E-state index contributed by atoms with van der Waals surface area (Å²) in [6, 6.07) is 62.5. The first kappa shape index (κ1) is 26.4. The van der Waals surface area contributed by atoms with Crippen molar-refractivity contribution in [1.82, 2.24) is 0 Å². The molecule has 0 saturated carbocycles. The van der Waals surface area contributed by atoms with Crippen LogP contribution in [0.4, 0.5) is 34.1 Å². The van der Waals surface area contributed by atoms with Crippen LogP contribution in [0.3, 0.4) is 0 Å². The molecule has 0 atom stereocenters. The molecule has 7 aromatic carbocycles. The van der Waals surface area contributed by atoms with E-state index >= 15 is 0 Å². The number of hydrogen-bond acceptors (Lipinski definition) is 3. The van der Waals surface area contributed by atoms with Gasteiger partial charge in [0, 0.05) is 34.1 Å². The van der Waals surface area contributed by atoms with E-state index in [2.05, 4.69) is 186 Å². The number of rotatable bonds is 5. The van der Waals surface area contributed by atoms with Crippen molar-refractivity contribution < 1.29 is 4.74 Å². The SMILES string of the molecule is c1ccc(-c2ccc3c(c2)Oc2cccc4c2B3c2ccc(N(c3ccccc3)c3ccccc3)cc2N4c2ccccc2)cc1. The highest BCUT2D eigenvalue weighted by molar-refractivity contribution is 6.99. The largest absolute Gasteiger partial charge is 0.458 e. The molecule has 0 amide bonds. The Morgan fingerprint density at radius 2 is 1.07 bits per heavy atom. The van der Waals surface area contributed by atoms with Crippen molar-refractivity contribution >= 4 is 57.2 Å². The first-order chi connectivity index (χ1) is 22.8. The fraction of sp³-hybridized carbons (Fsp3) is 0. The molecule has 4 heteroatoms. The molecule has 0 saturated heterocycles. The summed E-state index contributed by atoms with van der Waals surface area (Å²) in [6.45, 7) is 0.0330. The monoisotopic (exact) mass is 588 g/mol. The van der Waals surface area contributed by atoms with Crippen molar-refractivity contribution in [2.45, 2.75) is 0 Å². The van der Waals surface area contributed by atoms with Crippen LogP contribution in [-0.2, 0) is 0 Å². The maximum atomic E-state index is 6.73. The molecule has 0 aromatic heterocycles. The average Bonchev–Trinajstić information content (AvgIpc) is 3.13. The number of anilines is 6. The van der Waals surface area contributed by atoms with E-state index in [0.717, 1.165) is 51.2 Å². The second-order valence-corrected chi connectivity index (χ2v) is 11.8. The second kappa shape index (κ2) is 10.9. The van der Waals surface area contributed by atoms with Gasteiger partial charge in [-0.3, -0.25) is 0 Å². The maximum absolute atomic E-state index is 6.73. The van der Waals surface area contributed by atoms with Gasteiger partial charge < -0.3 is 14.5 Å². The molecule has 0 radical (unpaired) electrons. The van der Waals surface area contributed by atoms with Crippen molar-refractivity contribution in [3.8, 4) is 22.6 Å². The van der Waals surface area contributed by atoms with E-state index in [1.165, 1.54) is 22.0 Å². The molecule has 0 fully saturated rings. The van der Waals surface area contributed by atoms with Gasteiger partial charge in [-0.25, -0.2) is 0 Å². The summed E-state index contributed by atoms with van der Waals surface area (Å²) in [5.41, 5.74) is 12.7. The van der Waals surface area contributed by atoms with Crippen molar-refractivity contribution in [2.24, 2.45) is 0 Å². The Labute approximate surface area is 269 Å². The molecule has 2 aliphatic heterocycles. The van der Waals surface area contributed by atoms with Crippen molar-refractivity contribution in [3.05, 3.63) is 176 Å². The molecular weight excluding hydrogens is 559 g/mol. The third-order valence-electron chi connectivity index (χ3n) is 9.09. The maximum Gasteiger partial charge on any atom is 0.256 e. The summed E-state index contributed by atoms with van der Waals surface area (Å²) in [7, 11) is 0. The predicted molar refractivity (Wildman–Crippen MR) is 192 cm³/mol. The highest BCUT2D eigenvalue weighted by Crippen LogP contribution is 2.43. The number of fused-ring (bicyclic) bond motifs is 4. The molecule has 0 bridgehead atoms. The fourth-order valence-electron chi connectivity index (χ4n) is 7.07. The average molecular weight is 589 g/mol. The van der Waals surface area contributed by atoms with E-state index in [4.69, 9.17) is 4.74 Å². The third kappa shape index (κ3) is 4.30. The summed E-state index contributed by atoms with van der Waals surface area (Å²) in [5, 5.41) is 0. The van der Waals surface area contributed by atoms with Gasteiger partial charge in [-0.15, -0.1) is 0 Å². The molecule has 46 heavy (non-hydrogen) atoms. The quantitative estimate of drug-likeness (QED) is 0.187. The van der Waals surface area contributed by atoms with Crippen LogP contribution < -0.4 is 30.9 Å². The lowest BCUT2D eigenvalue weighted by Gasteiger charge is -2.40. The normalized spacial score (nSPS) is 12.4. The lowest BCUT2D eigenvalue weighted by Crippen LogP contribution is -2.59. The molecule has 9 rings (SSSR count). The Morgan fingerprint density at radius 3 is 1.76 bits per heavy atom. The van der Waals surface area contributed by atoms with Crippen LogP contribution in [0.5, 0.6) is 11.5 Å². The second-order valence-electron chi connectivity index (χ2n) is 11.8. The van der Waals surface area contributed by atoms with Gasteiger partial charge in [0.25, 0.3) is 6.71 Å². The highest BCUT2D eigenvalue weighted by atomic mass is 16.5. The first-order valence-electron chi connectivity index (χ1n) is 15.7. The minimum atomic E-state index is 0.0330. The molecule has 0 unspecified atom stereocenters. The van der Waals surface area contributed by atoms with E-state index in [-0.39, 0.29) is 6.71 Å².